The van der Waals surface area contributed by atoms with E-state index in [9.17, 15) is 0 Å². The van der Waals surface area contributed by atoms with Crippen molar-refractivity contribution in [2.75, 3.05) is 7.11 Å². The first-order valence-corrected chi connectivity index (χ1v) is 6.59. The van der Waals surface area contributed by atoms with Crippen molar-refractivity contribution in [3.05, 3.63) is 52.4 Å². The summed E-state index contributed by atoms with van der Waals surface area (Å²) in [5.74, 6) is 1.82. The number of hydrogen-bond donors (Lipinski definition) is 1. The first-order chi connectivity index (χ1) is 8.70. The van der Waals surface area contributed by atoms with Crippen LogP contribution in [0.1, 0.15) is 24.3 Å². The zero-order valence-corrected chi connectivity index (χ0v) is 12.0. The molecular formula is C14H16BrNO2. The zero-order chi connectivity index (χ0) is 13.0. The van der Waals surface area contributed by atoms with Gasteiger partial charge in [-0.3, -0.25) is 0 Å². The van der Waals surface area contributed by atoms with Gasteiger partial charge in [-0.05, 0) is 37.3 Å². The molecule has 0 aliphatic rings. The van der Waals surface area contributed by atoms with Crippen LogP contribution in [0.4, 0.5) is 0 Å². The van der Waals surface area contributed by atoms with Gasteiger partial charge in [0.15, 0.2) is 0 Å². The smallest absolute Gasteiger partial charge is 0.123 e. The number of halogens is 1. The van der Waals surface area contributed by atoms with Crippen LogP contribution in [0.2, 0.25) is 0 Å². The van der Waals surface area contributed by atoms with E-state index in [2.05, 4.69) is 34.2 Å². The van der Waals surface area contributed by atoms with E-state index < -0.39 is 0 Å². The number of hydrogen-bond acceptors (Lipinski definition) is 3. The molecule has 18 heavy (non-hydrogen) atoms. The van der Waals surface area contributed by atoms with Crippen LogP contribution in [-0.4, -0.2) is 7.11 Å². The Labute approximate surface area is 115 Å². The minimum absolute atomic E-state index is 0.170. The van der Waals surface area contributed by atoms with Gasteiger partial charge in [0.25, 0.3) is 0 Å². The van der Waals surface area contributed by atoms with Crippen molar-refractivity contribution in [3.63, 3.8) is 0 Å². The van der Waals surface area contributed by atoms with Gasteiger partial charge in [0.2, 0.25) is 0 Å². The largest absolute Gasteiger partial charge is 0.496 e. The van der Waals surface area contributed by atoms with Crippen LogP contribution in [0.25, 0.3) is 0 Å². The fraction of sp³-hybridized carbons (Fsp3) is 0.286. The molecule has 3 nitrogen and oxygen atoms in total. The Kier molecular flexibility index (Phi) is 4.44. The zero-order valence-electron chi connectivity index (χ0n) is 10.4. The van der Waals surface area contributed by atoms with Gasteiger partial charge in [0.05, 0.1) is 19.4 Å². The summed E-state index contributed by atoms with van der Waals surface area (Å²) in [6, 6.07) is 10.0. The summed E-state index contributed by atoms with van der Waals surface area (Å²) < 4.78 is 11.7. The molecule has 0 saturated heterocycles. The highest BCUT2D eigenvalue weighted by molar-refractivity contribution is 9.10. The molecule has 4 heteroatoms. The van der Waals surface area contributed by atoms with Gasteiger partial charge >= 0.3 is 0 Å². The number of methoxy groups -OCH3 is 1. The van der Waals surface area contributed by atoms with Gasteiger partial charge in [-0.2, -0.15) is 0 Å². The van der Waals surface area contributed by atoms with Gasteiger partial charge in [-0.15, -0.1) is 0 Å². The maximum Gasteiger partial charge on any atom is 0.123 e. The molecule has 1 aromatic carbocycles. The van der Waals surface area contributed by atoms with Crippen LogP contribution in [0.5, 0.6) is 5.75 Å². The molecule has 0 saturated carbocycles. The summed E-state index contributed by atoms with van der Waals surface area (Å²) in [4.78, 5) is 0. The van der Waals surface area contributed by atoms with Gasteiger partial charge in [-0.25, -0.2) is 0 Å². The summed E-state index contributed by atoms with van der Waals surface area (Å²) >= 11 is 3.47. The molecule has 1 atom stereocenters. The van der Waals surface area contributed by atoms with Crippen molar-refractivity contribution < 1.29 is 9.15 Å². The number of nitrogens with one attached hydrogen (secondary N) is 1. The first-order valence-electron chi connectivity index (χ1n) is 5.80. The van der Waals surface area contributed by atoms with E-state index in [1.165, 1.54) is 0 Å². The lowest BCUT2D eigenvalue weighted by molar-refractivity contribution is 0.399. The molecule has 1 unspecified atom stereocenters. The number of rotatable bonds is 5. The molecule has 2 rings (SSSR count). The molecule has 2 aromatic rings. The average Bonchev–Trinajstić information content (AvgIpc) is 2.90. The quantitative estimate of drug-likeness (QED) is 0.909. The van der Waals surface area contributed by atoms with E-state index in [-0.39, 0.29) is 6.04 Å². The average molecular weight is 310 g/mol. The molecule has 0 aliphatic carbocycles. The van der Waals surface area contributed by atoms with Crippen molar-refractivity contribution in [1.82, 2.24) is 5.32 Å². The minimum Gasteiger partial charge on any atom is -0.496 e. The van der Waals surface area contributed by atoms with Crippen LogP contribution in [0.15, 0.2) is 45.5 Å². The monoisotopic (exact) mass is 309 g/mol. The van der Waals surface area contributed by atoms with E-state index in [0.29, 0.717) is 0 Å². The Bertz CT molecular complexity index is 497. The molecule has 1 aromatic heterocycles. The maximum absolute atomic E-state index is 5.36. The fourth-order valence-corrected chi connectivity index (χ4v) is 2.20. The summed E-state index contributed by atoms with van der Waals surface area (Å²) in [7, 11) is 1.68. The molecule has 1 heterocycles. The Hall–Kier alpha value is -1.26. The van der Waals surface area contributed by atoms with Crippen molar-refractivity contribution >= 4 is 15.9 Å². The predicted octanol–water partition coefficient (Wildman–Crippen LogP) is 3.90. The van der Waals surface area contributed by atoms with E-state index >= 15 is 0 Å². The van der Waals surface area contributed by atoms with E-state index in [1.807, 2.05) is 24.3 Å². The number of ether oxygens (including phenoxy) is 1. The number of furan rings is 1. The number of benzene rings is 1. The maximum atomic E-state index is 5.36. The second-order valence-electron chi connectivity index (χ2n) is 4.07. The third-order valence-electron chi connectivity index (χ3n) is 2.81. The highest BCUT2D eigenvalue weighted by Crippen LogP contribution is 2.23. The SMILES string of the molecule is COc1ccc(Br)cc1CNC(C)c1ccco1. The lowest BCUT2D eigenvalue weighted by atomic mass is 10.2. The fourth-order valence-electron chi connectivity index (χ4n) is 1.79. The Morgan fingerprint density at radius 2 is 2.22 bits per heavy atom. The van der Waals surface area contributed by atoms with Crippen LogP contribution < -0.4 is 10.1 Å². The van der Waals surface area contributed by atoms with Gasteiger partial charge in [0, 0.05) is 16.6 Å². The minimum atomic E-state index is 0.170. The Morgan fingerprint density at radius 3 is 2.89 bits per heavy atom. The van der Waals surface area contributed by atoms with E-state index in [0.717, 1.165) is 28.1 Å². The van der Waals surface area contributed by atoms with Crippen LogP contribution in [0.3, 0.4) is 0 Å². The van der Waals surface area contributed by atoms with E-state index in [1.54, 1.807) is 13.4 Å². The summed E-state index contributed by atoms with van der Waals surface area (Å²) in [5, 5.41) is 3.41. The molecule has 0 aliphatic heterocycles. The second-order valence-corrected chi connectivity index (χ2v) is 4.99. The highest BCUT2D eigenvalue weighted by Gasteiger charge is 2.09. The summed E-state index contributed by atoms with van der Waals surface area (Å²) in [6.45, 7) is 2.80. The molecule has 0 amide bonds. The lowest BCUT2D eigenvalue weighted by Gasteiger charge is -2.14. The summed E-state index contributed by atoms with van der Waals surface area (Å²) in [6.07, 6.45) is 1.69. The van der Waals surface area contributed by atoms with Gasteiger partial charge in [-0.1, -0.05) is 15.9 Å². The molecule has 0 radical (unpaired) electrons. The molecule has 0 bridgehead atoms. The first kappa shape index (κ1) is 13.2. The molecule has 0 fully saturated rings. The predicted molar refractivity (Wildman–Crippen MR) is 74.7 cm³/mol. The Morgan fingerprint density at radius 1 is 1.39 bits per heavy atom. The normalized spacial score (nSPS) is 12.4. The van der Waals surface area contributed by atoms with Crippen molar-refractivity contribution in [3.8, 4) is 5.75 Å². The molecule has 0 spiro atoms. The van der Waals surface area contributed by atoms with Crippen LogP contribution in [-0.2, 0) is 6.54 Å². The van der Waals surface area contributed by atoms with Crippen molar-refractivity contribution in [2.24, 2.45) is 0 Å². The molecular weight excluding hydrogens is 294 g/mol. The van der Waals surface area contributed by atoms with Crippen molar-refractivity contribution in [2.45, 2.75) is 19.5 Å². The van der Waals surface area contributed by atoms with Crippen molar-refractivity contribution in [1.29, 1.82) is 0 Å². The van der Waals surface area contributed by atoms with Gasteiger partial charge in [0.1, 0.15) is 11.5 Å². The molecule has 1 N–H and O–H groups in total. The third kappa shape index (κ3) is 3.15. The second kappa shape index (κ2) is 6.07. The van der Waals surface area contributed by atoms with Gasteiger partial charge < -0.3 is 14.5 Å². The summed E-state index contributed by atoms with van der Waals surface area (Å²) in [5.41, 5.74) is 1.12. The van der Waals surface area contributed by atoms with Crippen LogP contribution >= 0.6 is 15.9 Å². The third-order valence-corrected chi connectivity index (χ3v) is 3.30. The lowest BCUT2D eigenvalue weighted by Crippen LogP contribution is -2.18. The van der Waals surface area contributed by atoms with Crippen LogP contribution in [0, 0.1) is 0 Å². The van der Waals surface area contributed by atoms with E-state index in [4.69, 9.17) is 9.15 Å². The molecule has 96 valence electrons. The highest BCUT2D eigenvalue weighted by atomic mass is 79.9. The topological polar surface area (TPSA) is 34.4 Å². The Balaban J connectivity index is 2.03. The standard InChI is InChI=1S/C14H16BrNO2/c1-10(13-4-3-7-18-13)16-9-11-8-12(15)5-6-14(11)17-2/h3-8,10,16H,9H2,1-2H3.